The van der Waals surface area contributed by atoms with E-state index >= 15 is 0 Å². The Morgan fingerprint density at radius 1 is 1.30 bits per heavy atom. The van der Waals surface area contributed by atoms with Gasteiger partial charge < -0.3 is 10.5 Å². The number of carbonyl (C=O) groups is 1. The first-order valence-corrected chi connectivity index (χ1v) is 5.10. The number of nitrogens with zero attached hydrogens (tertiary/aromatic N) is 1. The van der Waals surface area contributed by atoms with E-state index in [2.05, 4.69) is 9.72 Å². The third kappa shape index (κ3) is 3.97. The van der Waals surface area contributed by atoms with Gasteiger partial charge in [0.15, 0.2) is 0 Å². The first kappa shape index (κ1) is 16.5. The molecule has 0 amide bonds. The summed E-state index contributed by atoms with van der Waals surface area (Å²) in [5, 5.41) is -1.47. The monoisotopic (exact) mass is 322 g/mol. The fourth-order valence-electron chi connectivity index (χ4n) is 1.29. The molecule has 0 radical (unpaired) electrons. The Hall–Kier alpha value is -1.55. The standard InChI is InChI=1S/C9H5ClF6N2O2/c10-6(19)5-1-4(8(11,12)13)3(2-17)7(18-5)20-9(14,15)16/h1H,2,17H2. The van der Waals surface area contributed by atoms with Crippen molar-refractivity contribution < 1.29 is 35.9 Å². The van der Waals surface area contributed by atoms with Crippen LogP contribution < -0.4 is 10.5 Å². The molecule has 1 rings (SSSR count). The summed E-state index contributed by atoms with van der Waals surface area (Å²) in [5.41, 5.74) is 1.35. The summed E-state index contributed by atoms with van der Waals surface area (Å²) >= 11 is 4.93. The van der Waals surface area contributed by atoms with Crippen LogP contribution in [0.2, 0.25) is 0 Å². The van der Waals surface area contributed by atoms with Crippen molar-refractivity contribution in [1.82, 2.24) is 4.98 Å². The lowest BCUT2D eigenvalue weighted by atomic mass is 10.1. The Kier molecular flexibility index (Phi) is 4.49. The van der Waals surface area contributed by atoms with Gasteiger partial charge in [-0.3, -0.25) is 4.79 Å². The Morgan fingerprint density at radius 2 is 1.85 bits per heavy atom. The van der Waals surface area contributed by atoms with Crippen LogP contribution in [0.1, 0.15) is 21.6 Å². The van der Waals surface area contributed by atoms with Crippen LogP contribution in [0.4, 0.5) is 26.3 Å². The molecule has 20 heavy (non-hydrogen) atoms. The summed E-state index contributed by atoms with van der Waals surface area (Å²) in [6.07, 6.45) is -10.4. The van der Waals surface area contributed by atoms with Gasteiger partial charge in [-0.25, -0.2) is 4.98 Å². The van der Waals surface area contributed by atoms with Crippen LogP contribution in [0.5, 0.6) is 5.88 Å². The number of aromatic nitrogens is 1. The average molecular weight is 323 g/mol. The Balaban J connectivity index is 3.55. The highest BCUT2D eigenvalue weighted by molar-refractivity contribution is 6.67. The lowest BCUT2D eigenvalue weighted by Crippen LogP contribution is -2.23. The molecule has 11 heteroatoms. The predicted molar refractivity (Wildman–Crippen MR) is 54.0 cm³/mol. The summed E-state index contributed by atoms with van der Waals surface area (Å²) in [7, 11) is 0. The highest BCUT2D eigenvalue weighted by Gasteiger charge is 2.39. The van der Waals surface area contributed by atoms with Crippen molar-refractivity contribution >= 4 is 16.8 Å². The van der Waals surface area contributed by atoms with Crippen LogP contribution in [0.15, 0.2) is 6.07 Å². The van der Waals surface area contributed by atoms with Crippen LogP contribution >= 0.6 is 11.6 Å². The van der Waals surface area contributed by atoms with E-state index in [1.807, 2.05) is 0 Å². The van der Waals surface area contributed by atoms with Crippen LogP contribution in [0, 0.1) is 0 Å². The number of rotatable bonds is 3. The number of halogens is 7. The number of ether oxygens (including phenoxy) is 1. The van der Waals surface area contributed by atoms with Gasteiger partial charge in [0.1, 0.15) is 5.69 Å². The van der Waals surface area contributed by atoms with Crippen LogP contribution in [0.3, 0.4) is 0 Å². The molecule has 1 heterocycles. The SMILES string of the molecule is NCc1c(C(F)(F)F)cc(C(=O)Cl)nc1OC(F)(F)F. The second-order valence-electron chi connectivity index (χ2n) is 3.36. The van der Waals surface area contributed by atoms with Gasteiger partial charge in [-0.2, -0.15) is 13.2 Å². The molecule has 1 aromatic heterocycles. The number of nitrogens with two attached hydrogens (primary N) is 1. The molecule has 0 atom stereocenters. The smallest absolute Gasteiger partial charge is 0.387 e. The maximum absolute atomic E-state index is 12.7. The minimum absolute atomic E-state index is 0.209. The molecule has 0 saturated heterocycles. The van der Waals surface area contributed by atoms with Crippen LogP contribution in [0.25, 0.3) is 0 Å². The molecule has 4 nitrogen and oxygen atoms in total. The van der Waals surface area contributed by atoms with Gasteiger partial charge in [-0.1, -0.05) is 0 Å². The van der Waals surface area contributed by atoms with Crippen molar-refractivity contribution in [3.05, 3.63) is 22.9 Å². The number of hydrogen-bond acceptors (Lipinski definition) is 4. The van der Waals surface area contributed by atoms with E-state index in [-0.39, 0.29) is 6.07 Å². The van der Waals surface area contributed by atoms with Crippen LogP contribution in [-0.4, -0.2) is 16.6 Å². The van der Waals surface area contributed by atoms with E-state index in [1.165, 1.54) is 0 Å². The van der Waals surface area contributed by atoms with Gasteiger partial charge in [0, 0.05) is 12.1 Å². The molecule has 1 aromatic rings. The van der Waals surface area contributed by atoms with Crippen molar-refractivity contribution in [1.29, 1.82) is 0 Å². The lowest BCUT2D eigenvalue weighted by Gasteiger charge is -2.17. The fraction of sp³-hybridized carbons (Fsp3) is 0.333. The Morgan fingerprint density at radius 3 is 2.20 bits per heavy atom. The van der Waals surface area contributed by atoms with Crippen LogP contribution in [-0.2, 0) is 12.7 Å². The highest BCUT2D eigenvalue weighted by Crippen LogP contribution is 2.37. The van der Waals surface area contributed by atoms with Gasteiger partial charge in [0.25, 0.3) is 5.24 Å². The zero-order chi connectivity index (χ0) is 15.7. The molecule has 0 aromatic carbocycles. The zero-order valence-corrected chi connectivity index (χ0v) is 10.0. The third-order valence-corrected chi connectivity index (χ3v) is 2.20. The average Bonchev–Trinajstić information content (AvgIpc) is 2.24. The molecule has 0 aliphatic rings. The largest absolute Gasteiger partial charge is 0.574 e. The molecule has 2 N–H and O–H groups in total. The van der Waals surface area contributed by atoms with Crippen molar-refractivity contribution in [2.45, 2.75) is 19.1 Å². The van der Waals surface area contributed by atoms with Crippen molar-refractivity contribution in [3.8, 4) is 5.88 Å². The molecule has 112 valence electrons. The van der Waals surface area contributed by atoms with Gasteiger partial charge in [0.05, 0.1) is 5.56 Å². The molecule has 0 fully saturated rings. The highest BCUT2D eigenvalue weighted by atomic mass is 35.5. The first-order chi connectivity index (χ1) is 8.95. The van der Waals surface area contributed by atoms with Crippen molar-refractivity contribution in [2.24, 2.45) is 5.73 Å². The third-order valence-electron chi connectivity index (χ3n) is 2.01. The van der Waals surface area contributed by atoms with Gasteiger partial charge in [0.2, 0.25) is 5.88 Å². The van der Waals surface area contributed by atoms with Crippen molar-refractivity contribution in [2.75, 3.05) is 0 Å². The predicted octanol–water partition coefficient (Wildman–Crippen LogP) is 2.84. The molecule has 0 saturated carbocycles. The van der Waals surface area contributed by atoms with E-state index < -0.39 is 47.0 Å². The zero-order valence-electron chi connectivity index (χ0n) is 9.27. The number of pyridine rings is 1. The quantitative estimate of drug-likeness (QED) is 0.686. The van der Waals surface area contributed by atoms with E-state index in [9.17, 15) is 31.1 Å². The summed E-state index contributed by atoms with van der Waals surface area (Å²) in [4.78, 5) is 13.8. The number of hydrogen-bond donors (Lipinski definition) is 1. The minimum Gasteiger partial charge on any atom is -0.387 e. The van der Waals surface area contributed by atoms with Gasteiger partial charge in [-0.05, 0) is 17.7 Å². The normalized spacial score (nSPS) is 12.4. The second kappa shape index (κ2) is 5.44. The number of alkyl halides is 6. The van der Waals surface area contributed by atoms with E-state index in [0.717, 1.165) is 0 Å². The van der Waals surface area contributed by atoms with E-state index in [1.54, 1.807) is 0 Å². The summed E-state index contributed by atoms with van der Waals surface area (Å²) in [6.45, 7) is -0.927. The second-order valence-corrected chi connectivity index (χ2v) is 3.71. The molecule has 0 aliphatic carbocycles. The maximum Gasteiger partial charge on any atom is 0.574 e. The summed E-state index contributed by atoms with van der Waals surface area (Å²) in [5.74, 6) is -1.46. The lowest BCUT2D eigenvalue weighted by molar-refractivity contribution is -0.276. The Labute approximate surface area is 112 Å². The minimum atomic E-state index is -5.30. The first-order valence-electron chi connectivity index (χ1n) is 4.72. The summed E-state index contributed by atoms with van der Waals surface area (Å²) in [6, 6.07) is 0.209. The maximum atomic E-state index is 12.7. The molecular weight excluding hydrogens is 318 g/mol. The van der Waals surface area contributed by atoms with E-state index in [0.29, 0.717) is 0 Å². The summed E-state index contributed by atoms with van der Waals surface area (Å²) < 4.78 is 77.8. The van der Waals surface area contributed by atoms with E-state index in [4.69, 9.17) is 17.3 Å². The molecule has 0 bridgehead atoms. The molecule has 0 unspecified atom stereocenters. The molecule has 0 aliphatic heterocycles. The molecular formula is C9H5ClF6N2O2. The number of carbonyl (C=O) groups excluding carboxylic acids is 1. The molecule has 0 spiro atoms. The van der Waals surface area contributed by atoms with Gasteiger partial charge in [-0.15, -0.1) is 13.2 Å². The topological polar surface area (TPSA) is 65.2 Å². The van der Waals surface area contributed by atoms with Crippen molar-refractivity contribution in [3.63, 3.8) is 0 Å². The fourth-order valence-corrected chi connectivity index (χ4v) is 1.39. The Bertz CT molecular complexity index is 528. The van der Waals surface area contributed by atoms with Gasteiger partial charge >= 0.3 is 12.5 Å².